The number of nitrogens with zero attached hydrogens (tertiary/aromatic N) is 2. The van der Waals surface area contributed by atoms with Crippen molar-refractivity contribution in [1.29, 1.82) is 0 Å². The lowest BCUT2D eigenvalue weighted by atomic mass is 9.78. The highest BCUT2D eigenvalue weighted by Crippen LogP contribution is 2.52. The van der Waals surface area contributed by atoms with Crippen molar-refractivity contribution in [3.8, 4) is 0 Å². The van der Waals surface area contributed by atoms with E-state index in [1.165, 1.54) is 5.69 Å². The summed E-state index contributed by atoms with van der Waals surface area (Å²) in [7, 11) is 0. The second kappa shape index (κ2) is 9.56. The number of fused-ring (bicyclic) bond motifs is 2. The van der Waals surface area contributed by atoms with Crippen molar-refractivity contribution in [3.63, 3.8) is 0 Å². The second-order valence-corrected chi connectivity index (χ2v) is 9.53. The molecule has 1 aliphatic heterocycles. The van der Waals surface area contributed by atoms with Gasteiger partial charge < -0.3 is 16.0 Å². The van der Waals surface area contributed by atoms with Gasteiger partial charge in [0.15, 0.2) is 0 Å². The first kappa shape index (κ1) is 21.4. The minimum atomic E-state index is -0.292. The van der Waals surface area contributed by atoms with E-state index in [0.717, 1.165) is 69.9 Å². The van der Waals surface area contributed by atoms with Crippen LogP contribution in [0.2, 0.25) is 5.02 Å². The van der Waals surface area contributed by atoms with Crippen LogP contribution in [0.4, 0.5) is 5.69 Å². The highest BCUT2D eigenvalue weighted by atomic mass is 35.5. The van der Waals surface area contributed by atoms with E-state index in [1.807, 2.05) is 18.2 Å². The van der Waals surface area contributed by atoms with Crippen molar-refractivity contribution in [2.75, 3.05) is 44.2 Å². The van der Waals surface area contributed by atoms with Gasteiger partial charge in [0, 0.05) is 43.4 Å². The van der Waals surface area contributed by atoms with Crippen LogP contribution in [-0.2, 0) is 9.59 Å². The number of benzene rings is 1. The van der Waals surface area contributed by atoms with Gasteiger partial charge in [0.05, 0.1) is 11.8 Å². The summed E-state index contributed by atoms with van der Waals surface area (Å²) >= 11 is 6.11. The molecule has 4 rings (SSSR count). The Balaban J connectivity index is 1.13. The Labute approximate surface area is 184 Å². The summed E-state index contributed by atoms with van der Waals surface area (Å²) in [6.07, 6.45) is 5.13. The molecule has 1 aromatic carbocycles. The summed E-state index contributed by atoms with van der Waals surface area (Å²) in [6, 6.07) is 8.05. The van der Waals surface area contributed by atoms with Gasteiger partial charge in [-0.3, -0.25) is 14.5 Å². The van der Waals surface area contributed by atoms with Crippen molar-refractivity contribution in [2.45, 2.75) is 32.1 Å². The number of unbranched alkanes of at least 4 members (excludes halogenated alkanes) is 1. The van der Waals surface area contributed by atoms with Gasteiger partial charge in [-0.1, -0.05) is 17.7 Å². The lowest BCUT2D eigenvalue weighted by Crippen LogP contribution is -2.46. The van der Waals surface area contributed by atoms with Crippen molar-refractivity contribution in [1.82, 2.24) is 10.2 Å². The van der Waals surface area contributed by atoms with E-state index in [4.69, 9.17) is 17.3 Å². The molecule has 7 heteroatoms. The molecule has 2 aliphatic carbocycles. The molecule has 2 saturated carbocycles. The summed E-state index contributed by atoms with van der Waals surface area (Å²) in [5.41, 5.74) is 6.79. The standard InChI is InChI=1S/C23H33ClN4O2/c24-18-4-3-5-19(15-18)28-12-10-27(11-13-28)9-2-1-8-26-23(30)21-17-7-6-16(14-17)20(21)22(25)29/h3-5,15-17,20-21H,1-2,6-14H2,(H2,25,29)(H,26,30)/t16-,17+,20+,21-/m1/s1. The van der Waals surface area contributed by atoms with Crippen LogP contribution in [0.1, 0.15) is 32.1 Å². The Kier molecular flexibility index (Phi) is 6.84. The van der Waals surface area contributed by atoms with Crippen molar-refractivity contribution in [2.24, 2.45) is 29.4 Å². The molecule has 2 bridgehead atoms. The van der Waals surface area contributed by atoms with Crippen molar-refractivity contribution >= 4 is 29.1 Å². The summed E-state index contributed by atoms with van der Waals surface area (Å²) in [6.45, 7) is 5.85. The summed E-state index contributed by atoms with van der Waals surface area (Å²) < 4.78 is 0. The van der Waals surface area contributed by atoms with Gasteiger partial charge >= 0.3 is 0 Å². The maximum absolute atomic E-state index is 12.7. The third kappa shape index (κ3) is 4.75. The zero-order valence-electron chi connectivity index (χ0n) is 17.6. The SMILES string of the molecule is NC(=O)[C@H]1[C@@H]2CC[C@@H](C2)[C@H]1C(=O)NCCCCN1CCN(c2cccc(Cl)c2)CC1. The predicted octanol–water partition coefficient (Wildman–Crippen LogP) is 2.51. The molecule has 1 aromatic rings. The molecule has 30 heavy (non-hydrogen) atoms. The molecule has 1 heterocycles. The summed E-state index contributed by atoms with van der Waals surface area (Å²) in [4.78, 5) is 29.4. The van der Waals surface area contributed by atoms with E-state index < -0.39 is 0 Å². The number of carbonyl (C=O) groups excluding carboxylic acids is 2. The number of hydrogen-bond acceptors (Lipinski definition) is 4. The van der Waals surface area contributed by atoms with E-state index in [2.05, 4.69) is 21.2 Å². The lowest BCUT2D eigenvalue weighted by Gasteiger charge is -2.36. The van der Waals surface area contributed by atoms with Crippen molar-refractivity contribution < 1.29 is 9.59 Å². The zero-order chi connectivity index (χ0) is 21.1. The summed E-state index contributed by atoms with van der Waals surface area (Å²) in [5.74, 6) is -0.0159. The van der Waals surface area contributed by atoms with Gasteiger partial charge in [-0.2, -0.15) is 0 Å². The largest absolute Gasteiger partial charge is 0.369 e. The number of carbonyl (C=O) groups is 2. The Morgan fingerprint density at radius 2 is 1.80 bits per heavy atom. The van der Waals surface area contributed by atoms with Gasteiger partial charge in [-0.15, -0.1) is 0 Å². The fourth-order valence-electron chi connectivity index (χ4n) is 5.77. The number of anilines is 1. The minimum Gasteiger partial charge on any atom is -0.369 e. The van der Waals surface area contributed by atoms with Crippen LogP contribution in [0.25, 0.3) is 0 Å². The molecule has 1 saturated heterocycles. The zero-order valence-corrected chi connectivity index (χ0v) is 18.3. The molecule has 164 valence electrons. The molecule has 3 N–H and O–H groups in total. The number of nitrogens with two attached hydrogens (primary N) is 1. The molecule has 4 atom stereocenters. The second-order valence-electron chi connectivity index (χ2n) is 9.09. The first-order chi connectivity index (χ1) is 14.5. The smallest absolute Gasteiger partial charge is 0.224 e. The van der Waals surface area contributed by atoms with E-state index in [9.17, 15) is 9.59 Å². The topological polar surface area (TPSA) is 78.7 Å². The van der Waals surface area contributed by atoms with Crippen LogP contribution in [-0.4, -0.2) is 56.0 Å². The number of primary amides is 1. The van der Waals surface area contributed by atoms with Crippen LogP contribution in [0.5, 0.6) is 0 Å². The van der Waals surface area contributed by atoms with E-state index in [-0.39, 0.29) is 23.7 Å². The van der Waals surface area contributed by atoms with Gasteiger partial charge in [0.1, 0.15) is 0 Å². The van der Waals surface area contributed by atoms with Gasteiger partial charge in [0.25, 0.3) is 0 Å². The number of hydrogen-bond donors (Lipinski definition) is 2. The van der Waals surface area contributed by atoms with E-state index in [0.29, 0.717) is 18.4 Å². The summed E-state index contributed by atoms with van der Waals surface area (Å²) in [5, 5.41) is 3.86. The van der Waals surface area contributed by atoms with Gasteiger partial charge in [-0.05, 0) is 68.7 Å². The van der Waals surface area contributed by atoms with Gasteiger partial charge in [-0.25, -0.2) is 0 Å². The number of rotatable bonds is 8. The van der Waals surface area contributed by atoms with Crippen molar-refractivity contribution in [3.05, 3.63) is 29.3 Å². The minimum absolute atomic E-state index is 0.0427. The third-order valence-corrected chi connectivity index (χ3v) is 7.53. The first-order valence-electron chi connectivity index (χ1n) is 11.3. The molecule has 0 unspecified atom stereocenters. The highest BCUT2D eigenvalue weighted by molar-refractivity contribution is 6.30. The molecule has 0 aromatic heterocycles. The predicted molar refractivity (Wildman–Crippen MR) is 119 cm³/mol. The van der Waals surface area contributed by atoms with Crippen LogP contribution >= 0.6 is 11.6 Å². The Bertz CT molecular complexity index is 765. The lowest BCUT2D eigenvalue weighted by molar-refractivity contribution is -0.135. The monoisotopic (exact) mass is 432 g/mol. The van der Waals surface area contributed by atoms with Crippen LogP contribution in [0.15, 0.2) is 24.3 Å². The number of halogens is 1. The molecular weight excluding hydrogens is 400 g/mol. The Morgan fingerprint density at radius 1 is 1.07 bits per heavy atom. The average molecular weight is 433 g/mol. The van der Waals surface area contributed by atoms with Crippen LogP contribution in [0.3, 0.4) is 0 Å². The number of amides is 2. The highest BCUT2D eigenvalue weighted by Gasteiger charge is 2.53. The number of piperazine rings is 1. The normalized spacial score (nSPS) is 28.6. The number of nitrogens with one attached hydrogen (secondary N) is 1. The molecule has 0 spiro atoms. The fourth-order valence-corrected chi connectivity index (χ4v) is 5.95. The maximum Gasteiger partial charge on any atom is 0.224 e. The van der Waals surface area contributed by atoms with E-state index in [1.54, 1.807) is 0 Å². The van der Waals surface area contributed by atoms with E-state index >= 15 is 0 Å². The fraction of sp³-hybridized carbons (Fsp3) is 0.652. The Hall–Kier alpha value is -1.79. The van der Waals surface area contributed by atoms with Crippen LogP contribution in [0, 0.1) is 23.7 Å². The molecule has 3 aliphatic rings. The molecule has 2 amide bonds. The third-order valence-electron chi connectivity index (χ3n) is 7.29. The molecule has 0 radical (unpaired) electrons. The van der Waals surface area contributed by atoms with Crippen LogP contribution < -0.4 is 16.0 Å². The maximum atomic E-state index is 12.7. The first-order valence-corrected chi connectivity index (χ1v) is 11.7. The Morgan fingerprint density at radius 3 is 2.50 bits per heavy atom. The molecular formula is C23H33ClN4O2. The average Bonchev–Trinajstić information content (AvgIpc) is 3.35. The van der Waals surface area contributed by atoms with Gasteiger partial charge in [0.2, 0.25) is 11.8 Å². The molecule has 3 fully saturated rings. The molecule has 6 nitrogen and oxygen atoms in total. The quantitative estimate of drug-likeness (QED) is 0.618.